The van der Waals surface area contributed by atoms with E-state index in [0.717, 1.165) is 6.54 Å². The van der Waals surface area contributed by atoms with Gasteiger partial charge in [0.05, 0.1) is 11.6 Å². The minimum absolute atomic E-state index is 0.0592. The minimum atomic E-state index is -0.427. The second kappa shape index (κ2) is 7.93. The van der Waals surface area contributed by atoms with Gasteiger partial charge in [-0.05, 0) is 44.9 Å². The van der Waals surface area contributed by atoms with Gasteiger partial charge < -0.3 is 10.6 Å². The van der Waals surface area contributed by atoms with Crippen molar-refractivity contribution >= 4 is 6.03 Å². The van der Waals surface area contributed by atoms with Gasteiger partial charge in [-0.1, -0.05) is 0 Å². The second-order valence-electron chi connectivity index (χ2n) is 6.09. The van der Waals surface area contributed by atoms with Gasteiger partial charge in [-0.2, -0.15) is 5.26 Å². The lowest BCUT2D eigenvalue weighted by atomic mass is 10.1. The van der Waals surface area contributed by atoms with Crippen molar-refractivity contribution in [2.75, 3.05) is 13.1 Å². The summed E-state index contributed by atoms with van der Waals surface area (Å²) in [6.45, 7) is 5.74. The Labute approximate surface area is 136 Å². The molecule has 1 saturated carbocycles. The Morgan fingerprint density at radius 2 is 2.17 bits per heavy atom. The van der Waals surface area contributed by atoms with Gasteiger partial charge in [-0.3, -0.25) is 4.90 Å². The van der Waals surface area contributed by atoms with Crippen LogP contribution in [-0.2, 0) is 6.54 Å². The first-order valence-corrected chi connectivity index (χ1v) is 7.97. The quantitative estimate of drug-likeness (QED) is 0.811. The first-order chi connectivity index (χ1) is 11.0. The molecule has 0 aromatic heterocycles. The van der Waals surface area contributed by atoms with Gasteiger partial charge in [0.15, 0.2) is 0 Å². The molecule has 1 aromatic rings. The SMILES string of the molecule is CC(C)N(CCNC(=O)NCc1cc(C#N)ccc1F)C1CC1. The Kier molecular flexibility index (Phi) is 5.94. The standard InChI is InChI=1S/C17H23FN4O/c1-12(2)22(15-4-5-15)8-7-20-17(23)21-11-14-9-13(10-19)3-6-16(14)18/h3,6,9,12,15H,4-5,7-8,11H2,1-2H3,(H2,20,21,23). The summed E-state index contributed by atoms with van der Waals surface area (Å²) >= 11 is 0. The van der Waals surface area contributed by atoms with E-state index in [0.29, 0.717) is 29.8 Å². The smallest absolute Gasteiger partial charge is 0.315 e. The lowest BCUT2D eigenvalue weighted by Crippen LogP contribution is -2.42. The fourth-order valence-electron chi connectivity index (χ4n) is 2.58. The normalized spacial score (nSPS) is 13.9. The third kappa shape index (κ3) is 5.22. The predicted octanol–water partition coefficient (Wildman–Crippen LogP) is 2.37. The molecule has 0 saturated heterocycles. The molecule has 2 N–H and O–H groups in total. The molecule has 1 aliphatic rings. The fraction of sp³-hybridized carbons (Fsp3) is 0.529. The monoisotopic (exact) mass is 318 g/mol. The maximum Gasteiger partial charge on any atom is 0.315 e. The van der Waals surface area contributed by atoms with E-state index in [2.05, 4.69) is 29.4 Å². The Balaban J connectivity index is 1.74. The van der Waals surface area contributed by atoms with Crippen molar-refractivity contribution in [1.82, 2.24) is 15.5 Å². The fourth-order valence-corrected chi connectivity index (χ4v) is 2.58. The summed E-state index contributed by atoms with van der Waals surface area (Å²) < 4.78 is 13.6. The van der Waals surface area contributed by atoms with Crippen molar-refractivity contribution in [3.05, 3.63) is 35.1 Å². The molecule has 0 radical (unpaired) electrons. The number of hydrogen-bond acceptors (Lipinski definition) is 3. The predicted molar refractivity (Wildman–Crippen MR) is 86.2 cm³/mol. The van der Waals surface area contributed by atoms with E-state index in [1.165, 1.54) is 31.0 Å². The van der Waals surface area contributed by atoms with E-state index in [1.54, 1.807) is 0 Å². The number of carbonyl (C=O) groups excluding carboxylic acids is 1. The zero-order valence-corrected chi connectivity index (χ0v) is 13.6. The summed E-state index contributed by atoms with van der Waals surface area (Å²) in [5, 5.41) is 14.2. The number of nitrogens with one attached hydrogen (secondary N) is 2. The number of benzene rings is 1. The molecule has 124 valence electrons. The number of amides is 2. The topological polar surface area (TPSA) is 68.2 Å². The van der Waals surface area contributed by atoms with Crippen molar-refractivity contribution in [2.45, 2.75) is 45.3 Å². The van der Waals surface area contributed by atoms with E-state index in [-0.39, 0.29) is 12.6 Å². The Morgan fingerprint density at radius 1 is 1.43 bits per heavy atom. The van der Waals surface area contributed by atoms with Gasteiger partial charge in [0.1, 0.15) is 5.82 Å². The Morgan fingerprint density at radius 3 is 2.78 bits per heavy atom. The number of rotatable bonds is 7. The average Bonchev–Trinajstić information content (AvgIpc) is 3.35. The third-order valence-corrected chi connectivity index (χ3v) is 3.95. The van der Waals surface area contributed by atoms with Gasteiger partial charge in [0.2, 0.25) is 0 Å². The molecule has 0 bridgehead atoms. The molecule has 0 aliphatic heterocycles. The van der Waals surface area contributed by atoms with Crippen molar-refractivity contribution in [3.63, 3.8) is 0 Å². The van der Waals surface area contributed by atoms with Crippen molar-refractivity contribution in [2.24, 2.45) is 0 Å². The largest absolute Gasteiger partial charge is 0.337 e. The third-order valence-electron chi connectivity index (χ3n) is 3.95. The molecular weight excluding hydrogens is 295 g/mol. The van der Waals surface area contributed by atoms with E-state index < -0.39 is 5.82 Å². The van der Waals surface area contributed by atoms with Crippen LogP contribution in [0.25, 0.3) is 0 Å². The number of halogens is 1. The summed E-state index contributed by atoms with van der Waals surface area (Å²) in [5.74, 6) is -0.427. The lowest BCUT2D eigenvalue weighted by Gasteiger charge is -2.26. The Bertz CT molecular complexity index is 591. The maximum atomic E-state index is 13.6. The van der Waals surface area contributed by atoms with Gasteiger partial charge in [-0.15, -0.1) is 0 Å². The average molecular weight is 318 g/mol. The van der Waals surface area contributed by atoms with Crippen molar-refractivity contribution in [1.29, 1.82) is 5.26 Å². The van der Waals surface area contributed by atoms with Crippen LogP contribution < -0.4 is 10.6 Å². The highest BCUT2D eigenvalue weighted by Gasteiger charge is 2.30. The van der Waals surface area contributed by atoms with Gasteiger partial charge in [-0.25, -0.2) is 9.18 Å². The molecule has 5 nitrogen and oxygen atoms in total. The highest BCUT2D eigenvalue weighted by atomic mass is 19.1. The van der Waals surface area contributed by atoms with Crippen molar-refractivity contribution < 1.29 is 9.18 Å². The highest BCUT2D eigenvalue weighted by molar-refractivity contribution is 5.73. The molecule has 1 aromatic carbocycles. The summed E-state index contributed by atoms with van der Waals surface area (Å²) in [4.78, 5) is 14.2. The molecule has 1 aliphatic carbocycles. The van der Waals surface area contributed by atoms with Gasteiger partial charge in [0, 0.05) is 37.3 Å². The van der Waals surface area contributed by atoms with E-state index in [4.69, 9.17) is 5.26 Å². The van der Waals surface area contributed by atoms with Crippen LogP contribution >= 0.6 is 0 Å². The van der Waals surface area contributed by atoms with Crippen LogP contribution in [0, 0.1) is 17.1 Å². The second-order valence-corrected chi connectivity index (χ2v) is 6.09. The minimum Gasteiger partial charge on any atom is -0.337 e. The number of hydrogen-bond donors (Lipinski definition) is 2. The lowest BCUT2D eigenvalue weighted by molar-refractivity contribution is 0.207. The van der Waals surface area contributed by atoms with Crippen LogP contribution in [0.2, 0.25) is 0 Å². The van der Waals surface area contributed by atoms with Crippen LogP contribution in [-0.4, -0.2) is 36.1 Å². The van der Waals surface area contributed by atoms with Crippen LogP contribution in [0.15, 0.2) is 18.2 Å². The van der Waals surface area contributed by atoms with Gasteiger partial charge >= 0.3 is 6.03 Å². The maximum absolute atomic E-state index is 13.6. The Hall–Kier alpha value is -2.13. The molecule has 2 amide bonds. The first kappa shape index (κ1) is 17.2. The number of carbonyl (C=O) groups is 1. The van der Waals surface area contributed by atoms with Gasteiger partial charge in [0.25, 0.3) is 0 Å². The first-order valence-electron chi connectivity index (χ1n) is 7.97. The summed E-state index contributed by atoms with van der Waals surface area (Å²) in [5.41, 5.74) is 0.682. The molecule has 0 unspecified atom stereocenters. The summed E-state index contributed by atoms with van der Waals surface area (Å²) in [7, 11) is 0. The van der Waals surface area contributed by atoms with Crippen LogP contribution in [0.4, 0.5) is 9.18 Å². The zero-order valence-electron chi connectivity index (χ0n) is 13.6. The highest BCUT2D eigenvalue weighted by Crippen LogP contribution is 2.27. The van der Waals surface area contributed by atoms with Crippen LogP contribution in [0.1, 0.15) is 37.8 Å². The van der Waals surface area contributed by atoms with Crippen molar-refractivity contribution in [3.8, 4) is 6.07 Å². The zero-order chi connectivity index (χ0) is 16.8. The molecule has 1 fully saturated rings. The summed E-state index contributed by atoms with van der Waals surface area (Å²) in [6, 6.07) is 6.85. The molecule has 0 spiro atoms. The van der Waals surface area contributed by atoms with E-state index >= 15 is 0 Å². The summed E-state index contributed by atoms with van der Waals surface area (Å²) in [6.07, 6.45) is 2.47. The molecule has 2 rings (SSSR count). The van der Waals surface area contributed by atoms with Crippen LogP contribution in [0.3, 0.4) is 0 Å². The number of nitriles is 1. The molecule has 0 atom stereocenters. The molecule has 0 heterocycles. The molecule has 6 heteroatoms. The van der Waals surface area contributed by atoms with E-state index in [1.807, 2.05) is 6.07 Å². The van der Waals surface area contributed by atoms with Crippen LogP contribution in [0.5, 0.6) is 0 Å². The number of urea groups is 1. The number of nitrogens with zero attached hydrogens (tertiary/aromatic N) is 2. The van der Waals surface area contributed by atoms with E-state index in [9.17, 15) is 9.18 Å². The molecule has 23 heavy (non-hydrogen) atoms. The molecular formula is C17H23FN4O.